The van der Waals surface area contributed by atoms with Crippen LogP contribution in [-0.4, -0.2) is 12.3 Å². The van der Waals surface area contributed by atoms with Gasteiger partial charge in [0.25, 0.3) is 0 Å². The number of ketones is 1. The Bertz CT molecular complexity index is 550. The highest BCUT2D eigenvalue weighted by Gasteiger charge is 2.19. The van der Waals surface area contributed by atoms with Crippen molar-refractivity contribution < 1.29 is 4.79 Å². The van der Waals surface area contributed by atoms with Crippen molar-refractivity contribution in [2.75, 3.05) is 6.54 Å². The summed E-state index contributed by atoms with van der Waals surface area (Å²) in [5.41, 5.74) is 1.28. The SMILES string of the molecule is C=C/C=C\C(=C/CC)C(=O)/C(=C\C(C)(C)CCC)NCC#CCC.CC. The Balaban J connectivity index is 0. The standard InChI is InChI=1S/C22H33NO.C2H6/c1-7-11-13-17-23-20(18-22(5,6)16-10-4)21(24)19(14-9-3)15-12-8-2;1-2/h8,12,14-15,18,23H,2,7,9-10,16-17H2,1,3-6H3;1-2H3/b15-12-,19-14+,20-18+;. The first-order valence-corrected chi connectivity index (χ1v) is 9.88. The molecule has 0 amide bonds. The number of carbonyl (C=O) groups is 1. The Labute approximate surface area is 162 Å². The number of Topliss-reactive ketones (excluding diaryl/α,β-unsaturated/α-hetero) is 1. The van der Waals surface area contributed by atoms with E-state index in [0.717, 1.165) is 25.7 Å². The lowest BCUT2D eigenvalue weighted by Crippen LogP contribution is -2.24. The van der Waals surface area contributed by atoms with Gasteiger partial charge in [-0.2, -0.15) is 0 Å². The van der Waals surface area contributed by atoms with Crippen molar-refractivity contribution in [2.45, 2.75) is 74.1 Å². The van der Waals surface area contributed by atoms with E-state index in [9.17, 15) is 4.79 Å². The van der Waals surface area contributed by atoms with Gasteiger partial charge in [0.05, 0.1) is 12.2 Å². The maximum Gasteiger partial charge on any atom is 0.208 e. The Morgan fingerprint density at radius 2 is 1.81 bits per heavy atom. The number of rotatable bonds is 10. The molecule has 0 saturated heterocycles. The van der Waals surface area contributed by atoms with Gasteiger partial charge in [0.15, 0.2) is 0 Å². The van der Waals surface area contributed by atoms with Crippen molar-refractivity contribution in [3.05, 3.63) is 48.2 Å². The Morgan fingerprint density at radius 1 is 1.15 bits per heavy atom. The molecule has 146 valence electrons. The molecule has 0 heterocycles. The van der Waals surface area contributed by atoms with Crippen LogP contribution in [0.1, 0.15) is 74.1 Å². The van der Waals surface area contributed by atoms with Gasteiger partial charge in [-0.1, -0.05) is 97.8 Å². The summed E-state index contributed by atoms with van der Waals surface area (Å²) in [5, 5.41) is 3.22. The van der Waals surface area contributed by atoms with Crippen LogP contribution < -0.4 is 5.32 Å². The molecule has 0 spiro atoms. The second-order valence-corrected chi connectivity index (χ2v) is 6.35. The van der Waals surface area contributed by atoms with E-state index in [4.69, 9.17) is 0 Å². The molecule has 0 fully saturated rings. The van der Waals surface area contributed by atoms with Gasteiger partial charge in [-0.25, -0.2) is 0 Å². The van der Waals surface area contributed by atoms with E-state index in [2.05, 4.69) is 50.6 Å². The van der Waals surface area contributed by atoms with Crippen molar-refractivity contribution in [2.24, 2.45) is 5.41 Å². The highest BCUT2D eigenvalue weighted by molar-refractivity contribution is 6.09. The van der Waals surface area contributed by atoms with Crippen molar-refractivity contribution in [3.63, 3.8) is 0 Å². The van der Waals surface area contributed by atoms with Crippen LogP contribution in [0.5, 0.6) is 0 Å². The van der Waals surface area contributed by atoms with Gasteiger partial charge in [0, 0.05) is 12.0 Å². The molecule has 0 atom stereocenters. The second-order valence-electron chi connectivity index (χ2n) is 6.35. The van der Waals surface area contributed by atoms with Gasteiger partial charge in [-0.3, -0.25) is 4.79 Å². The fourth-order valence-electron chi connectivity index (χ4n) is 2.41. The molecule has 0 aromatic heterocycles. The highest BCUT2D eigenvalue weighted by Crippen LogP contribution is 2.26. The van der Waals surface area contributed by atoms with E-state index in [1.165, 1.54) is 0 Å². The largest absolute Gasteiger partial charge is 0.371 e. The topological polar surface area (TPSA) is 29.1 Å². The van der Waals surface area contributed by atoms with E-state index in [-0.39, 0.29) is 11.2 Å². The summed E-state index contributed by atoms with van der Waals surface area (Å²) >= 11 is 0. The summed E-state index contributed by atoms with van der Waals surface area (Å²) < 4.78 is 0. The van der Waals surface area contributed by atoms with Crippen LogP contribution in [0.15, 0.2) is 48.2 Å². The van der Waals surface area contributed by atoms with E-state index in [1.807, 2.05) is 39.8 Å². The van der Waals surface area contributed by atoms with Crippen LogP contribution in [0.4, 0.5) is 0 Å². The van der Waals surface area contributed by atoms with Crippen molar-refractivity contribution in [1.82, 2.24) is 5.32 Å². The number of carbonyl (C=O) groups excluding carboxylic acids is 1. The quantitative estimate of drug-likeness (QED) is 0.279. The van der Waals surface area contributed by atoms with Crippen LogP contribution in [0.3, 0.4) is 0 Å². The fourth-order valence-corrected chi connectivity index (χ4v) is 2.41. The summed E-state index contributed by atoms with van der Waals surface area (Å²) in [6.07, 6.45) is 13.0. The van der Waals surface area contributed by atoms with E-state index >= 15 is 0 Å². The Morgan fingerprint density at radius 3 is 2.31 bits per heavy atom. The lowest BCUT2D eigenvalue weighted by Gasteiger charge is -2.21. The van der Waals surface area contributed by atoms with Gasteiger partial charge in [0.1, 0.15) is 0 Å². The minimum Gasteiger partial charge on any atom is -0.371 e. The van der Waals surface area contributed by atoms with Gasteiger partial charge >= 0.3 is 0 Å². The predicted molar refractivity (Wildman–Crippen MR) is 117 cm³/mol. The molecule has 0 aliphatic rings. The predicted octanol–water partition coefficient (Wildman–Crippen LogP) is 6.37. The minimum atomic E-state index is -0.0373. The molecule has 0 aliphatic carbocycles. The highest BCUT2D eigenvalue weighted by atomic mass is 16.1. The first-order valence-electron chi connectivity index (χ1n) is 9.88. The minimum absolute atomic E-state index is 0.0115. The van der Waals surface area contributed by atoms with Crippen LogP contribution in [0.25, 0.3) is 0 Å². The van der Waals surface area contributed by atoms with Gasteiger partial charge < -0.3 is 5.32 Å². The smallest absolute Gasteiger partial charge is 0.208 e. The molecule has 1 N–H and O–H groups in total. The van der Waals surface area contributed by atoms with Gasteiger partial charge in [0.2, 0.25) is 5.78 Å². The Kier molecular flexibility index (Phi) is 16.6. The van der Waals surface area contributed by atoms with Gasteiger partial charge in [-0.05, 0) is 18.3 Å². The molecule has 0 aliphatic heterocycles. The molecular weight excluding hydrogens is 318 g/mol. The molecule has 0 unspecified atom stereocenters. The van der Waals surface area contributed by atoms with E-state index in [1.54, 1.807) is 12.2 Å². The maximum atomic E-state index is 13.0. The van der Waals surface area contributed by atoms with Crippen LogP contribution >= 0.6 is 0 Å². The summed E-state index contributed by atoms with van der Waals surface area (Å²) in [7, 11) is 0. The molecule has 2 heteroatoms. The molecule has 0 rings (SSSR count). The lowest BCUT2D eigenvalue weighted by molar-refractivity contribution is -0.112. The van der Waals surface area contributed by atoms with Gasteiger partial charge in [-0.15, -0.1) is 5.92 Å². The van der Waals surface area contributed by atoms with E-state index < -0.39 is 0 Å². The monoisotopic (exact) mass is 357 g/mol. The first kappa shape index (κ1) is 26.2. The Hall–Kier alpha value is -2.01. The number of hydrogen-bond donors (Lipinski definition) is 1. The summed E-state index contributed by atoms with van der Waals surface area (Å²) in [5.74, 6) is 6.08. The lowest BCUT2D eigenvalue weighted by atomic mass is 9.86. The summed E-state index contributed by atoms with van der Waals surface area (Å²) in [4.78, 5) is 13.0. The zero-order valence-corrected chi connectivity index (χ0v) is 18.0. The van der Waals surface area contributed by atoms with Crippen LogP contribution in [-0.2, 0) is 4.79 Å². The molecule has 0 saturated carbocycles. The summed E-state index contributed by atoms with van der Waals surface area (Å²) in [6.45, 7) is 18.7. The number of hydrogen-bond acceptors (Lipinski definition) is 2. The van der Waals surface area contributed by atoms with Crippen molar-refractivity contribution in [3.8, 4) is 11.8 Å². The normalized spacial score (nSPS) is 12.0. The summed E-state index contributed by atoms with van der Waals surface area (Å²) in [6, 6.07) is 0. The molecular formula is C24H39NO. The zero-order valence-electron chi connectivity index (χ0n) is 18.0. The molecule has 2 nitrogen and oxygen atoms in total. The molecule has 0 aromatic carbocycles. The van der Waals surface area contributed by atoms with Crippen LogP contribution in [0.2, 0.25) is 0 Å². The third-order valence-corrected chi connectivity index (χ3v) is 3.44. The van der Waals surface area contributed by atoms with Crippen molar-refractivity contribution in [1.29, 1.82) is 0 Å². The first-order chi connectivity index (χ1) is 12.4. The number of nitrogens with one attached hydrogen (secondary N) is 1. The molecule has 26 heavy (non-hydrogen) atoms. The average molecular weight is 358 g/mol. The number of allylic oxidation sites excluding steroid dienone is 6. The molecule has 0 bridgehead atoms. The second kappa shape index (κ2) is 16.5. The average Bonchev–Trinajstić information content (AvgIpc) is 2.62. The van der Waals surface area contributed by atoms with Crippen molar-refractivity contribution >= 4 is 5.78 Å². The van der Waals surface area contributed by atoms with Crippen LogP contribution in [0, 0.1) is 17.3 Å². The molecule has 0 radical (unpaired) electrons. The third-order valence-electron chi connectivity index (χ3n) is 3.44. The molecule has 0 aromatic rings. The maximum absolute atomic E-state index is 13.0. The van der Waals surface area contributed by atoms with E-state index in [0.29, 0.717) is 17.8 Å². The third kappa shape index (κ3) is 12.4. The zero-order chi connectivity index (χ0) is 20.4. The fraction of sp³-hybridized carbons (Fsp3) is 0.542.